The van der Waals surface area contributed by atoms with E-state index in [0.29, 0.717) is 11.2 Å². The Kier molecular flexibility index (Phi) is 3.04. The van der Waals surface area contributed by atoms with E-state index in [-0.39, 0.29) is 0 Å². The molecule has 76 valence electrons. The number of hydrogen-bond donors (Lipinski definition) is 0. The summed E-state index contributed by atoms with van der Waals surface area (Å²) < 4.78 is 0. The summed E-state index contributed by atoms with van der Waals surface area (Å²) in [5, 5.41) is 0.579. The summed E-state index contributed by atoms with van der Waals surface area (Å²) in [6.07, 6.45) is 4.44. The Hall–Kier alpha value is -0.600. The van der Waals surface area contributed by atoms with Gasteiger partial charge in [-0.05, 0) is 37.6 Å². The fourth-order valence-corrected chi connectivity index (χ4v) is 2.28. The molecular formula is C11H15ClN2. The highest BCUT2D eigenvalue weighted by atomic mass is 35.5. The Bertz CT molecular complexity index is 297. The molecule has 2 heterocycles. The number of halogens is 1. The normalized spacial score (nSPS) is 22.9. The molecule has 0 saturated carbocycles. The van der Waals surface area contributed by atoms with Crippen LogP contribution in [0, 0.1) is 0 Å². The van der Waals surface area contributed by atoms with Crippen molar-refractivity contribution in [1.29, 1.82) is 0 Å². The molecule has 1 aliphatic heterocycles. The average Bonchev–Trinajstić information content (AvgIpc) is 2.67. The third-order valence-electron chi connectivity index (χ3n) is 2.90. The van der Waals surface area contributed by atoms with Crippen molar-refractivity contribution in [2.75, 3.05) is 13.1 Å². The zero-order chi connectivity index (χ0) is 9.97. The summed E-state index contributed by atoms with van der Waals surface area (Å²) in [7, 11) is 0. The van der Waals surface area contributed by atoms with Crippen molar-refractivity contribution in [3.8, 4) is 0 Å². The standard InChI is InChI=1S/C11H15ClN2/c1-2-14-7-3-4-10(14)9-5-6-11(12)13-8-9/h5-6,8,10H,2-4,7H2,1H3/t10-/m0/s1. The number of pyridine rings is 1. The first-order valence-electron chi connectivity index (χ1n) is 5.16. The maximum Gasteiger partial charge on any atom is 0.129 e. The maximum atomic E-state index is 5.76. The molecule has 1 aliphatic rings. The van der Waals surface area contributed by atoms with Gasteiger partial charge in [0.15, 0.2) is 0 Å². The lowest BCUT2D eigenvalue weighted by Gasteiger charge is -2.22. The monoisotopic (exact) mass is 210 g/mol. The van der Waals surface area contributed by atoms with Crippen LogP contribution in [-0.2, 0) is 0 Å². The number of nitrogens with zero attached hydrogens (tertiary/aromatic N) is 2. The topological polar surface area (TPSA) is 16.1 Å². The van der Waals surface area contributed by atoms with E-state index >= 15 is 0 Å². The molecule has 14 heavy (non-hydrogen) atoms. The zero-order valence-corrected chi connectivity index (χ0v) is 9.17. The Morgan fingerprint density at radius 2 is 2.43 bits per heavy atom. The van der Waals surface area contributed by atoms with Crippen molar-refractivity contribution >= 4 is 11.6 Å². The van der Waals surface area contributed by atoms with Crippen molar-refractivity contribution in [3.63, 3.8) is 0 Å². The van der Waals surface area contributed by atoms with Crippen molar-refractivity contribution < 1.29 is 0 Å². The summed E-state index contributed by atoms with van der Waals surface area (Å²) in [5.41, 5.74) is 1.30. The second kappa shape index (κ2) is 4.28. The van der Waals surface area contributed by atoms with Gasteiger partial charge in [-0.25, -0.2) is 4.98 Å². The molecular weight excluding hydrogens is 196 g/mol. The molecule has 1 atom stereocenters. The zero-order valence-electron chi connectivity index (χ0n) is 8.41. The summed E-state index contributed by atoms with van der Waals surface area (Å²) in [6, 6.07) is 4.53. The Balaban J connectivity index is 2.17. The second-order valence-electron chi connectivity index (χ2n) is 3.70. The minimum atomic E-state index is 0.560. The van der Waals surface area contributed by atoms with Crippen molar-refractivity contribution in [2.24, 2.45) is 0 Å². The quantitative estimate of drug-likeness (QED) is 0.698. The Labute approximate surface area is 89.9 Å². The first-order chi connectivity index (χ1) is 6.81. The lowest BCUT2D eigenvalue weighted by atomic mass is 10.1. The van der Waals surface area contributed by atoms with Gasteiger partial charge in [-0.3, -0.25) is 4.90 Å². The highest BCUT2D eigenvalue weighted by Crippen LogP contribution is 2.31. The molecule has 0 spiro atoms. The molecule has 0 N–H and O–H groups in total. The van der Waals surface area contributed by atoms with E-state index in [4.69, 9.17) is 11.6 Å². The lowest BCUT2D eigenvalue weighted by molar-refractivity contribution is 0.271. The number of likely N-dealkylation sites (tertiary alicyclic amines) is 1. The van der Waals surface area contributed by atoms with Gasteiger partial charge in [0.1, 0.15) is 5.15 Å². The van der Waals surface area contributed by atoms with Gasteiger partial charge in [0.2, 0.25) is 0 Å². The van der Waals surface area contributed by atoms with Crippen LogP contribution in [0.2, 0.25) is 5.15 Å². The largest absolute Gasteiger partial charge is 0.297 e. The SMILES string of the molecule is CCN1CCC[C@H]1c1ccc(Cl)nc1. The van der Waals surface area contributed by atoms with E-state index < -0.39 is 0 Å². The van der Waals surface area contributed by atoms with Crippen LogP contribution in [0.3, 0.4) is 0 Å². The fourth-order valence-electron chi connectivity index (χ4n) is 2.17. The number of hydrogen-bond acceptors (Lipinski definition) is 2. The van der Waals surface area contributed by atoms with Gasteiger partial charge in [-0.15, -0.1) is 0 Å². The van der Waals surface area contributed by atoms with Crippen LogP contribution >= 0.6 is 11.6 Å². The summed E-state index contributed by atoms with van der Waals surface area (Å²) in [6.45, 7) is 4.54. The maximum absolute atomic E-state index is 5.76. The van der Waals surface area contributed by atoms with E-state index in [1.54, 1.807) is 0 Å². The minimum Gasteiger partial charge on any atom is -0.297 e. The second-order valence-corrected chi connectivity index (χ2v) is 4.09. The molecule has 0 bridgehead atoms. The first-order valence-corrected chi connectivity index (χ1v) is 5.54. The van der Waals surface area contributed by atoms with Gasteiger partial charge in [0.25, 0.3) is 0 Å². The average molecular weight is 211 g/mol. The van der Waals surface area contributed by atoms with Gasteiger partial charge in [-0.2, -0.15) is 0 Å². The molecule has 1 aromatic rings. The Morgan fingerprint density at radius 1 is 1.57 bits per heavy atom. The molecule has 0 unspecified atom stereocenters. The predicted octanol–water partition coefficient (Wildman–Crippen LogP) is 2.89. The molecule has 0 aliphatic carbocycles. The van der Waals surface area contributed by atoms with Crippen LogP contribution in [0.4, 0.5) is 0 Å². The van der Waals surface area contributed by atoms with Crippen molar-refractivity contribution in [2.45, 2.75) is 25.8 Å². The highest BCUT2D eigenvalue weighted by molar-refractivity contribution is 6.29. The first kappa shape index (κ1) is 9.94. The van der Waals surface area contributed by atoms with Gasteiger partial charge >= 0.3 is 0 Å². The molecule has 1 saturated heterocycles. The minimum absolute atomic E-state index is 0.560. The molecule has 1 fully saturated rings. The van der Waals surface area contributed by atoms with Crippen LogP contribution < -0.4 is 0 Å². The van der Waals surface area contributed by atoms with Crippen LogP contribution in [-0.4, -0.2) is 23.0 Å². The third-order valence-corrected chi connectivity index (χ3v) is 3.13. The van der Waals surface area contributed by atoms with E-state index in [9.17, 15) is 0 Å². The molecule has 0 amide bonds. The Morgan fingerprint density at radius 3 is 3.07 bits per heavy atom. The van der Waals surface area contributed by atoms with E-state index in [2.05, 4.69) is 22.9 Å². The van der Waals surface area contributed by atoms with Crippen molar-refractivity contribution in [3.05, 3.63) is 29.0 Å². The number of rotatable bonds is 2. The molecule has 2 rings (SSSR count). The fraction of sp³-hybridized carbons (Fsp3) is 0.545. The third kappa shape index (κ3) is 1.91. The molecule has 2 nitrogen and oxygen atoms in total. The van der Waals surface area contributed by atoms with Gasteiger partial charge in [0.05, 0.1) is 0 Å². The summed E-state index contributed by atoms with van der Waals surface area (Å²) in [5.74, 6) is 0. The summed E-state index contributed by atoms with van der Waals surface area (Å²) in [4.78, 5) is 6.62. The van der Waals surface area contributed by atoms with Crippen LogP contribution in [0.5, 0.6) is 0 Å². The molecule has 0 radical (unpaired) electrons. The van der Waals surface area contributed by atoms with Crippen LogP contribution in [0.15, 0.2) is 18.3 Å². The molecule has 1 aromatic heterocycles. The van der Waals surface area contributed by atoms with Gasteiger partial charge in [0, 0.05) is 12.2 Å². The smallest absolute Gasteiger partial charge is 0.129 e. The molecule has 0 aromatic carbocycles. The van der Waals surface area contributed by atoms with Gasteiger partial charge < -0.3 is 0 Å². The predicted molar refractivity (Wildman–Crippen MR) is 58.5 cm³/mol. The van der Waals surface area contributed by atoms with Crippen molar-refractivity contribution in [1.82, 2.24) is 9.88 Å². The van der Waals surface area contributed by atoms with Crippen LogP contribution in [0.25, 0.3) is 0 Å². The summed E-state index contributed by atoms with van der Waals surface area (Å²) >= 11 is 5.76. The molecule has 3 heteroatoms. The highest BCUT2D eigenvalue weighted by Gasteiger charge is 2.24. The lowest BCUT2D eigenvalue weighted by Crippen LogP contribution is -2.22. The van der Waals surface area contributed by atoms with E-state index in [0.717, 1.165) is 6.54 Å². The van der Waals surface area contributed by atoms with E-state index in [1.807, 2.05) is 12.3 Å². The van der Waals surface area contributed by atoms with Gasteiger partial charge in [-0.1, -0.05) is 24.6 Å². The van der Waals surface area contributed by atoms with Crippen LogP contribution in [0.1, 0.15) is 31.4 Å². The number of aromatic nitrogens is 1. The van der Waals surface area contributed by atoms with E-state index in [1.165, 1.54) is 24.9 Å².